The number of hydrogen-bond acceptors (Lipinski definition) is 4. The predicted octanol–water partition coefficient (Wildman–Crippen LogP) is 2.20. The van der Waals surface area contributed by atoms with Gasteiger partial charge in [-0.1, -0.05) is 0 Å². The summed E-state index contributed by atoms with van der Waals surface area (Å²) in [7, 11) is 0. The molecule has 0 aromatic rings. The van der Waals surface area contributed by atoms with Gasteiger partial charge in [0, 0.05) is 12.6 Å². The maximum Gasteiger partial charge on any atom is 0.410 e. The first-order valence-corrected chi connectivity index (χ1v) is 6.41. The highest BCUT2D eigenvalue weighted by Gasteiger charge is 2.38. The number of carbonyl (C=O) groups is 2. The van der Waals surface area contributed by atoms with Gasteiger partial charge in [0.15, 0.2) is 0 Å². The molecule has 1 saturated heterocycles. The van der Waals surface area contributed by atoms with E-state index in [1.54, 1.807) is 11.8 Å². The quantitative estimate of drug-likeness (QED) is 0.712. The van der Waals surface area contributed by atoms with E-state index in [1.807, 2.05) is 27.7 Å². The number of esters is 1. The summed E-state index contributed by atoms with van der Waals surface area (Å²) in [4.78, 5) is 25.2. The molecule has 0 N–H and O–H groups in total. The number of rotatable bonds is 2. The third-order valence-corrected chi connectivity index (χ3v) is 2.82. The van der Waals surface area contributed by atoms with Gasteiger partial charge in [0.25, 0.3) is 0 Å². The Kier molecular flexibility index (Phi) is 4.59. The molecule has 18 heavy (non-hydrogen) atoms. The lowest BCUT2D eigenvalue weighted by Crippen LogP contribution is -2.39. The van der Waals surface area contributed by atoms with Crippen molar-refractivity contribution in [3.63, 3.8) is 0 Å². The minimum absolute atomic E-state index is 0.00857. The number of amides is 1. The molecule has 1 fully saturated rings. The van der Waals surface area contributed by atoms with Crippen LogP contribution in [0, 0.1) is 5.92 Å². The molecule has 1 rings (SSSR count). The van der Waals surface area contributed by atoms with Crippen LogP contribution in [0.1, 0.15) is 41.0 Å². The number of likely N-dealkylation sites (tertiary alicyclic amines) is 1. The van der Waals surface area contributed by atoms with Crippen molar-refractivity contribution in [2.45, 2.75) is 52.7 Å². The molecular weight excluding hydrogens is 234 g/mol. The summed E-state index contributed by atoms with van der Waals surface area (Å²) in [6.45, 7) is 9.94. The average Bonchev–Trinajstić information content (AvgIpc) is 2.58. The van der Waals surface area contributed by atoms with Crippen molar-refractivity contribution in [3.8, 4) is 0 Å². The van der Waals surface area contributed by atoms with Crippen molar-refractivity contribution < 1.29 is 19.1 Å². The van der Waals surface area contributed by atoms with Gasteiger partial charge in [-0.15, -0.1) is 0 Å². The summed E-state index contributed by atoms with van der Waals surface area (Å²) < 4.78 is 10.3. The molecule has 1 heterocycles. The maximum atomic E-state index is 11.9. The van der Waals surface area contributed by atoms with E-state index in [-0.39, 0.29) is 24.0 Å². The number of nitrogens with zero attached hydrogens (tertiary/aromatic N) is 1. The van der Waals surface area contributed by atoms with Crippen LogP contribution in [0.25, 0.3) is 0 Å². The molecular formula is C13H23NO4. The Morgan fingerprint density at radius 3 is 2.44 bits per heavy atom. The highest BCUT2D eigenvalue weighted by Crippen LogP contribution is 2.26. The van der Waals surface area contributed by atoms with Gasteiger partial charge >= 0.3 is 12.1 Å². The lowest BCUT2D eigenvalue weighted by Gasteiger charge is -2.26. The minimum Gasteiger partial charge on any atom is -0.466 e. The van der Waals surface area contributed by atoms with Crippen LogP contribution in [0.2, 0.25) is 0 Å². The zero-order chi connectivity index (χ0) is 13.9. The summed E-state index contributed by atoms with van der Waals surface area (Å²) in [6, 6.07) is 0.00857. The van der Waals surface area contributed by atoms with Crippen LogP contribution in [0.15, 0.2) is 0 Å². The zero-order valence-electron chi connectivity index (χ0n) is 11.9. The highest BCUT2D eigenvalue weighted by molar-refractivity contribution is 5.76. The highest BCUT2D eigenvalue weighted by atomic mass is 16.6. The molecule has 5 heteroatoms. The predicted molar refractivity (Wildman–Crippen MR) is 67.1 cm³/mol. The van der Waals surface area contributed by atoms with E-state index >= 15 is 0 Å². The Bertz CT molecular complexity index is 321. The Hall–Kier alpha value is -1.26. The molecule has 0 radical (unpaired) electrons. The van der Waals surface area contributed by atoms with Gasteiger partial charge in [-0.3, -0.25) is 4.79 Å². The van der Waals surface area contributed by atoms with Gasteiger partial charge in [0.05, 0.1) is 12.5 Å². The standard InChI is InChI=1S/C13H23NO4/c1-6-17-11(15)10-7-9(2)14(8-10)12(16)18-13(3,4)5/h9-10H,6-8H2,1-5H3/t9-,10+/m0/s1. The van der Waals surface area contributed by atoms with Gasteiger partial charge in [-0.25, -0.2) is 4.79 Å². The van der Waals surface area contributed by atoms with E-state index in [0.29, 0.717) is 19.6 Å². The van der Waals surface area contributed by atoms with Crippen LogP contribution in [0.5, 0.6) is 0 Å². The summed E-state index contributed by atoms with van der Waals surface area (Å²) in [5.74, 6) is -0.456. The van der Waals surface area contributed by atoms with Crippen molar-refractivity contribution in [1.82, 2.24) is 4.90 Å². The first-order valence-electron chi connectivity index (χ1n) is 6.41. The van der Waals surface area contributed by atoms with E-state index < -0.39 is 5.60 Å². The van der Waals surface area contributed by atoms with Crippen LogP contribution in [-0.2, 0) is 14.3 Å². The normalized spacial score (nSPS) is 23.9. The van der Waals surface area contributed by atoms with E-state index in [0.717, 1.165) is 0 Å². The first-order chi connectivity index (χ1) is 8.24. The SMILES string of the molecule is CCOC(=O)[C@@H]1C[C@H](C)N(C(=O)OC(C)(C)C)C1. The Morgan fingerprint density at radius 1 is 1.33 bits per heavy atom. The molecule has 2 atom stereocenters. The molecule has 1 aliphatic rings. The fourth-order valence-electron chi connectivity index (χ4n) is 2.04. The molecule has 1 amide bonds. The van der Waals surface area contributed by atoms with Crippen LogP contribution in [-0.4, -0.2) is 41.8 Å². The smallest absolute Gasteiger partial charge is 0.410 e. The maximum absolute atomic E-state index is 11.9. The topological polar surface area (TPSA) is 55.8 Å². The fraction of sp³-hybridized carbons (Fsp3) is 0.846. The minimum atomic E-state index is -0.515. The van der Waals surface area contributed by atoms with Crippen LogP contribution >= 0.6 is 0 Å². The third-order valence-electron chi connectivity index (χ3n) is 2.82. The summed E-state index contributed by atoms with van der Waals surface area (Å²) in [5.41, 5.74) is -0.515. The number of hydrogen-bond donors (Lipinski definition) is 0. The molecule has 0 spiro atoms. The molecule has 0 bridgehead atoms. The second-order valence-electron chi connectivity index (χ2n) is 5.67. The summed E-state index contributed by atoms with van der Waals surface area (Å²) in [6.07, 6.45) is 0.278. The van der Waals surface area contributed by atoms with Crippen molar-refractivity contribution in [1.29, 1.82) is 0 Å². The molecule has 0 saturated carbocycles. The van der Waals surface area contributed by atoms with Gasteiger partial charge in [0.1, 0.15) is 5.60 Å². The van der Waals surface area contributed by atoms with Crippen molar-refractivity contribution in [3.05, 3.63) is 0 Å². The monoisotopic (exact) mass is 257 g/mol. The van der Waals surface area contributed by atoms with Crippen molar-refractivity contribution in [2.75, 3.05) is 13.2 Å². The molecule has 0 aromatic carbocycles. The molecule has 104 valence electrons. The first kappa shape index (κ1) is 14.8. The molecule has 0 aliphatic carbocycles. The molecule has 5 nitrogen and oxygen atoms in total. The van der Waals surface area contributed by atoms with E-state index in [2.05, 4.69) is 0 Å². The lowest BCUT2D eigenvalue weighted by atomic mass is 10.1. The van der Waals surface area contributed by atoms with Crippen LogP contribution in [0.3, 0.4) is 0 Å². The second-order valence-corrected chi connectivity index (χ2v) is 5.67. The average molecular weight is 257 g/mol. The summed E-state index contributed by atoms with van der Waals surface area (Å²) >= 11 is 0. The Morgan fingerprint density at radius 2 is 1.94 bits per heavy atom. The van der Waals surface area contributed by atoms with Gasteiger partial charge in [-0.2, -0.15) is 0 Å². The third kappa shape index (κ3) is 3.89. The van der Waals surface area contributed by atoms with Crippen molar-refractivity contribution >= 4 is 12.1 Å². The fourth-order valence-corrected chi connectivity index (χ4v) is 2.04. The summed E-state index contributed by atoms with van der Waals surface area (Å²) in [5, 5.41) is 0. The second kappa shape index (κ2) is 5.59. The van der Waals surface area contributed by atoms with Gasteiger partial charge < -0.3 is 14.4 Å². The largest absolute Gasteiger partial charge is 0.466 e. The molecule has 0 aromatic heterocycles. The van der Waals surface area contributed by atoms with E-state index in [4.69, 9.17) is 9.47 Å². The van der Waals surface area contributed by atoms with Crippen LogP contribution in [0.4, 0.5) is 4.79 Å². The van der Waals surface area contributed by atoms with Crippen LogP contribution < -0.4 is 0 Å². The lowest BCUT2D eigenvalue weighted by molar-refractivity contribution is -0.147. The number of ether oxygens (including phenoxy) is 2. The van der Waals surface area contributed by atoms with Crippen molar-refractivity contribution in [2.24, 2.45) is 5.92 Å². The van der Waals surface area contributed by atoms with Gasteiger partial charge in [0.2, 0.25) is 0 Å². The molecule has 0 unspecified atom stereocenters. The Labute approximate surface area is 108 Å². The van der Waals surface area contributed by atoms with E-state index in [1.165, 1.54) is 0 Å². The zero-order valence-corrected chi connectivity index (χ0v) is 11.9. The Balaban J connectivity index is 2.59. The van der Waals surface area contributed by atoms with E-state index in [9.17, 15) is 9.59 Å². The molecule has 1 aliphatic heterocycles. The number of carbonyl (C=O) groups excluding carboxylic acids is 2. The van der Waals surface area contributed by atoms with Gasteiger partial charge in [-0.05, 0) is 41.0 Å².